The molecule has 2 aliphatic heterocycles. The lowest BCUT2D eigenvalue weighted by molar-refractivity contribution is -0.137. The molecule has 1 aromatic carbocycles. The molecule has 2 aliphatic rings. The van der Waals surface area contributed by atoms with Gasteiger partial charge in [0.1, 0.15) is 0 Å². The first-order valence-corrected chi connectivity index (χ1v) is 9.69. The lowest BCUT2D eigenvalue weighted by Crippen LogP contribution is -2.41. The van der Waals surface area contributed by atoms with Gasteiger partial charge < -0.3 is 0 Å². The Morgan fingerprint density at radius 3 is 2.52 bits per heavy atom. The summed E-state index contributed by atoms with van der Waals surface area (Å²) in [5, 5.41) is -0.423. The molecule has 2 amide bonds. The fourth-order valence-corrected chi connectivity index (χ4v) is 5.15. The van der Waals surface area contributed by atoms with Crippen LogP contribution in [-0.4, -0.2) is 53.7 Å². The molecule has 0 saturated carbocycles. The number of benzene rings is 1. The molecule has 1 atom stereocenters. The van der Waals surface area contributed by atoms with Gasteiger partial charge in [0, 0.05) is 13.1 Å². The fourth-order valence-electron chi connectivity index (χ4n) is 2.84. The average Bonchev–Trinajstić information content (AvgIpc) is 3.14. The van der Waals surface area contributed by atoms with Crippen LogP contribution in [0.4, 0.5) is 18.0 Å². The van der Waals surface area contributed by atoms with E-state index in [0.717, 1.165) is 39.2 Å². The number of halogens is 3. The largest absolute Gasteiger partial charge is 0.416 e. The molecule has 2 heterocycles. The summed E-state index contributed by atoms with van der Waals surface area (Å²) in [6.45, 7) is -0.0818. The Bertz CT molecular complexity index is 810. The zero-order chi connectivity index (χ0) is 18.4. The molecule has 0 aromatic heterocycles. The van der Waals surface area contributed by atoms with Crippen molar-refractivity contribution in [2.75, 3.05) is 18.8 Å². The third kappa shape index (κ3) is 3.40. The summed E-state index contributed by atoms with van der Waals surface area (Å²) in [7, 11) is -4.14. The van der Waals surface area contributed by atoms with Crippen molar-refractivity contribution in [3.05, 3.63) is 29.8 Å². The van der Waals surface area contributed by atoms with E-state index in [9.17, 15) is 31.2 Å². The van der Waals surface area contributed by atoms with Crippen LogP contribution >= 0.6 is 11.8 Å². The van der Waals surface area contributed by atoms with E-state index in [-0.39, 0.29) is 31.2 Å². The lowest BCUT2D eigenvalue weighted by Gasteiger charge is -2.22. The molecule has 0 radical (unpaired) electrons. The molecule has 0 spiro atoms. The van der Waals surface area contributed by atoms with Gasteiger partial charge in [-0.05, 0) is 24.6 Å². The number of imide groups is 1. The van der Waals surface area contributed by atoms with Crippen LogP contribution < -0.4 is 0 Å². The number of carbonyl (C=O) groups is 2. The molecular formula is C14H13F3N2O4S2. The summed E-state index contributed by atoms with van der Waals surface area (Å²) in [6, 6.07) is 2.93. The summed E-state index contributed by atoms with van der Waals surface area (Å²) >= 11 is 0.855. The highest BCUT2D eigenvalue weighted by molar-refractivity contribution is 8.14. The molecule has 25 heavy (non-hydrogen) atoms. The van der Waals surface area contributed by atoms with Crippen molar-refractivity contribution in [3.8, 4) is 0 Å². The maximum Gasteiger partial charge on any atom is 0.416 e. The number of carbonyl (C=O) groups excluding carboxylic acids is 2. The van der Waals surface area contributed by atoms with Gasteiger partial charge >= 0.3 is 6.18 Å². The lowest BCUT2D eigenvalue weighted by atomic mass is 10.2. The number of hydrogen-bond donors (Lipinski definition) is 0. The van der Waals surface area contributed by atoms with Crippen LogP contribution in [-0.2, 0) is 21.0 Å². The summed E-state index contributed by atoms with van der Waals surface area (Å²) in [6.07, 6.45) is -4.39. The standard InChI is InChI=1S/C14H13F3N2O4S2/c15-14(16,17)9-2-1-3-11(6-9)25(22,23)18-5-4-10(7-18)19-12(20)8-24-13(19)21/h1-3,6,10H,4-5,7-8H2/t10-/m0/s1. The average molecular weight is 394 g/mol. The molecule has 0 bridgehead atoms. The summed E-state index contributed by atoms with van der Waals surface area (Å²) in [4.78, 5) is 24.1. The third-order valence-electron chi connectivity index (χ3n) is 4.07. The van der Waals surface area contributed by atoms with Gasteiger partial charge in [-0.3, -0.25) is 14.5 Å². The van der Waals surface area contributed by atoms with E-state index in [1.165, 1.54) is 0 Å². The molecule has 6 nitrogen and oxygen atoms in total. The van der Waals surface area contributed by atoms with Gasteiger partial charge in [-0.2, -0.15) is 17.5 Å². The topological polar surface area (TPSA) is 74.8 Å². The summed E-state index contributed by atoms with van der Waals surface area (Å²) in [5.74, 6) is -0.353. The van der Waals surface area contributed by atoms with Crippen molar-refractivity contribution in [3.63, 3.8) is 0 Å². The van der Waals surface area contributed by atoms with Crippen LogP contribution in [0, 0.1) is 0 Å². The second-order valence-electron chi connectivity index (χ2n) is 5.65. The third-order valence-corrected chi connectivity index (χ3v) is 6.77. The maximum atomic E-state index is 12.8. The summed E-state index contributed by atoms with van der Waals surface area (Å²) < 4.78 is 64.6. The molecule has 3 rings (SSSR count). The van der Waals surface area contributed by atoms with E-state index < -0.39 is 37.9 Å². The first-order valence-electron chi connectivity index (χ1n) is 7.27. The van der Waals surface area contributed by atoms with Gasteiger partial charge in [0.25, 0.3) is 5.24 Å². The van der Waals surface area contributed by atoms with E-state index in [1.807, 2.05) is 0 Å². The number of thioether (sulfide) groups is 1. The molecule has 2 saturated heterocycles. The Hall–Kier alpha value is -1.59. The van der Waals surface area contributed by atoms with E-state index in [1.54, 1.807) is 0 Å². The first-order chi connectivity index (χ1) is 11.6. The zero-order valence-electron chi connectivity index (χ0n) is 12.7. The Balaban J connectivity index is 1.82. The minimum absolute atomic E-state index is 0.0235. The van der Waals surface area contributed by atoms with Crippen LogP contribution in [0.3, 0.4) is 0 Å². The molecule has 0 unspecified atom stereocenters. The summed E-state index contributed by atoms with van der Waals surface area (Å²) in [5.41, 5.74) is -1.05. The molecule has 136 valence electrons. The predicted molar refractivity (Wildman–Crippen MR) is 83.3 cm³/mol. The van der Waals surface area contributed by atoms with Crippen LogP contribution in [0.1, 0.15) is 12.0 Å². The maximum absolute atomic E-state index is 12.8. The predicted octanol–water partition coefficient (Wildman–Crippen LogP) is 2.16. The second-order valence-corrected chi connectivity index (χ2v) is 8.51. The monoisotopic (exact) mass is 394 g/mol. The number of hydrogen-bond acceptors (Lipinski definition) is 5. The number of alkyl halides is 3. The number of rotatable bonds is 3. The normalized spacial score (nSPS) is 22.8. The van der Waals surface area contributed by atoms with Gasteiger partial charge in [0.15, 0.2) is 0 Å². The SMILES string of the molecule is O=C1CSC(=O)N1[C@H]1CCN(S(=O)(=O)c2cccc(C(F)(F)F)c2)C1. The fraction of sp³-hybridized carbons (Fsp3) is 0.429. The van der Waals surface area contributed by atoms with Gasteiger partial charge in [-0.25, -0.2) is 8.42 Å². The molecule has 11 heteroatoms. The molecule has 0 N–H and O–H groups in total. The Kier molecular flexibility index (Phi) is 4.58. The van der Waals surface area contributed by atoms with Gasteiger partial charge in [-0.15, -0.1) is 0 Å². The van der Waals surface area contributed by atoms with E-state index >= 15 is 0 Å². The Morgan fingerprint density at radius 1 is 1.20 bits per heavy atom. The molecule has 2 fully saturated rings. The molecular weight excluding hydrogens is 381 g/mol. The highest BCUT2D eigenvalue weighted by Gasteiger charge is 2.42. The van der Waals surface area contributed by atoms with E-state index in [4.69, 9.17) is 0 Å². The van der Waals surface area contributed by atoms with Crippen molar-refractivity contribution in [1.82, 2.24) is 9.21 Å². The van der Waals surface area contributed by atoms with Crippen LogP contribution in [0.25, 0.3) is 0 Å². The van der Waals surface area contributed by atoms with Crippen LogP contribution in [0.2, 0.25) is 0 Å². The molecule has 1 aromatic rings. The second kappa shape index (κ2) is 6.29. The van der Waals surface area contributed by atoms with Gasteiger partial charge in [-0.1, -0.05) is 17.8 Å². The zero-order valence-corrected chi connectivity index (χ0v) is 14.3. The highest BCUT2D eigenvalue weighted by atomic mass is 32.2. The van der Waals surface area contributed by atoms with Crippen molar-refractivity contribution in [2.24, 2.45) is 0 Å². The quantitative estimate of drug-likeness (QED) is 0.786. The number of sulfonamides is 1. The van der Waals surface area contributed by atoms with Crippen molar-refractivity contribution in [1.29, 1.82) is 0 Å². The number of amides is 2. The van der Waals surface area contributed by atoms with Crippen molar-refractivity contribution >= 4 is 32.9 Å². The number of nitrogens with zero attached hydrogens (tertiary/aromatic N) is 2. The van der Waals surface area contributed by atoms with E-state index in [2.05, 4.69) is 0 Å². The minimum Gasteiger partial charge on any atom is -0.273 e. The van der Waals surface area contributed by atoms with Crippen LogP contribution in [0.5, 0.6) is 0 Å². The first kappa shape index (κ1) is 18.2. The smallest absolute Gasteiger partial charge is 0.273 e. The van der Waals surface area contributed by atoms with Gasteiger partial charge in [0.2, 0.25) is 15.9 Å². The van der Waals surface area contributed by atoms with Crippen molar-refractivity contribution in [2.45, 2.75) is 23.5 Å². The highest BCUT2D eigenvalue weighted by Crippen LogP contribution is 2.33. The van der Waals surface area contributed by atoms with Gasteiger partial charge in [0.05, 0.1) is 22.3 Å². The Labute approximate surface area is 146 Å². The van der Waals surface area contributed by atoms with Crippen molar-refractivity contribution < 1.29 is 31.2 Å². The molecule has 0 aliphatic carbocycles. The van der Waals surface area contributed by atoms with Crippen LogP contribution in [0.15, 0.2) is 29.2 Å². The minimum atomic E-state index is -4.65. The van der Waals surface area contributed by atoms with E-state index in [0.29, 0.717) is 6.07 Å². The Morgan fingerprint density at radius 2 is 1.92 bits per heavy atom.